The van der Waals surface area contributed by atoms with Crippen molar-refractivity contribution in [2.24, 2.45) is 0 Å². The van der Waals surface area contributed by atoms with Crippen LogP contribution in [-0.2, 0) is 9.47 Å². The molecule has 0 amide bonds. The molecule has 0 rings (SSSR count). The molecule has 3 heteroatoms. The van der Waals surface area contributed by atoms with Crippen LogP contribution >= 0.6 is 0 Å². The maximum Gasteiger partial charge on any atom is 0.382 e. The lowest BCUT2D eigenvalue weighted by Crippen LogP contribution is -2.08. The van der Waals surface area contributed by atoms with Gasteiger partial charge >= 0.3 is 6.08 Å². The Morgan fingerprint density at radius 1 is 1.20 bits per heavy atom. The van der Waals surface area contributed by atoms with Crippen molar-refractivity contribution in [3.8, 4) is 24.7 Å². The quantitative estimate of drug-likeness (QED) is 0.336. The number of hydrogen-bond donors (Lipinski definition) is 1. The first-order valence-electron chi connectivity index (χ1n) is 2.52. The largest absolute Gasteiger partial charge is 0.438 e. The highest BCUT2D eigenvalue weighted by Gasteiger charge is 1.92. The highest BCUT2D eigenvalue weighted by molar-refractivity contribution is 5.63. The van der Waals surface area contributed by atoms with E-state index >= 15 is 0 Å². The van der Waals surface area contributed by atoms with Crippen LogP contribution < -0.4 is 0 Å². The van der Waals surface area contributed by atoms with E-state index < -0.39 is 0 Å². The van der Waals surface area contributed by atoms with Gasteiger partial charge in [-0.25, -0.2) is 5.41 Å². The summed E-state index contributed by atoms with van der Waals surface area (Å²) in [6.07, 6.45) is 9.34. The molecule has 3 nitrogen and oxygen atoms in total. The smallest absolute Gasteiger partial charge is 0.382 e. The van der Waals surface area contributed by atoms with Crippen LogP contribution in [0.3, 0.4) is 0 Å². The maximum atomic E-state index is 6.86. The number of rotatable bonds is 2. The second-order valence-electron chi connectivity index (χ2n) is 1.27. The summed E-state index contributed by atoms with van der Waals surface area (Å²) in [6.45, 7) is 0.0623. The van der Waals surface area contributed by atoms with Gasteiger partial charge in [0.1, 0.15) is 0 Å². The molecule has 0 spiro atoms. The van der Waals surface area contributed by atoms with Gasteiger partial charge in [0.15, 0.2) is 13.2 Å². The van der Waals surface area contributed by atoms with Crippen LogP contribution in [0.5, 0.6) is 0 Å². The predicted molar refractivity (Wildman–Crippen MR) is 37.3 cm³/mol. The van der Waals surface area contributed by atoms with Crippen molar-refractivity contribution >= 4 is 6.08 Å². The lowest BCUT2D eigenvalue weighted by atomic mass is 10.7. The molecule has 1 N–H and O–H groups in total. The fourth-order valence-corrected chi connectivity index (χ4v) is 0.256. The van der Waals surface area contributed by atoms with Gasteiger partial charge in [0.25, 0.3) is 0 Å². The molecule has 0 aromatic carbocycles. The van der Waals surface area contributed by atoms with Gasteiger partial charge in [0, 0.05) is 0 Å². The fourth-order valence-electron chi connectivity index (χ4n) is 0.256. The van der Waals surface area contributed by atoms with Crippen molar-refractivity contribution in [3.63, 3.8) is 0 Å². The molecule has 0 unspecified atom stereocenters. The van der Waals surface area contributed by atoms with Crippen molar-refractivity contribution in [3.05, 3.63) is 0 Å². The number of hydrogen-bond acceptors (Lipinski definition) is 3. The molecule has 0 aliphatic carbocycles. The van der Waals surface area contributed by atoms with Crippen molar-refractivity contribution in [1.29, 1.82) is 5.41 Å². The SMILES string of the molecule is C#CCOC(=N)OCC#C. The molecule has 0 fully saturated rings. The molecule has 0 aromatic heterocycles. The summed E-state index contributed by atoms with van der Waals surface area (Å²) in [5.74, 6) is 4.36. The summed E-state index contributed by atoms with van der Waals surface area (Å²) in [4.78, 5) is 0. The lowest BCUT2D eigenvalue weighted by molar-refractivity contribution is 0.201. The molecular formula is C7H7NO2. The molecule has 0 aromatic rings. The highest BCUT2D eigenvalue weighted by atomic mass is 16.7. The van der Waals surface area contributed by atoms with E-state index in [4.69, 9.17) is 18.3 Å². The van der Waals surface area contributed by atoms with Gasteiger partial charge in [-0.05, 0) is 0 Å². The van der Waals surface area contributed by atoms with E-state index in [1.54, 1.807) is 0 Å². The van der Waals surface area contributed by atoms with E-state index in [9.17, 15) is 0 Å². The number of nitrogens with one attached hydrogen (secondary N) is 1. The summed E-state index contributed by atoms with van der Waals surface area (Å²) in [7, 11) is 0. The third kappa shape index (κ3) is 4.55. The Kier molecular flexibility index (Phi) is 4.64. The third-order valence-corrected chi connectivity index (χ3v) is 0.573. The standard InChI is InChI=1S/C7H7NO2/c1-3-5-9-7(8)10-6-4-2/h1-2,8H,5-6H2. The second kappa shape index (κ2) is 5.53. The normalized spacial score (nSPS) is 7.00. The zero-order valence-corrected chi connectivity index (χ0v) is 5.39. The summed E-state index contributed by atoms with van der Waals surface area (Å²) in [5, 5.41) is 6.86. The van der Waals surface area contributed by atoms with Gasteiger partial charge in [0.2, 0.25) is 0 Å². The minimum Gasteiger partial charge on any atom is -0.438 e. The average molecular weight is 137 g/mol. The van der Waals surface area contributed by atoms with E-state index in [-0.39, 0.29) is 19.3 Å². The molecule has 0 bridgehead atoms. The first kappa shape index (κ1) is 8.39. The Morgan fingerprint density at radius 3 is 1.90 bits per heavy atom. The molecule has 0 atom stereocenters. The molecule has 52 valence electrons. The van der Waals surface area contributed by atoms with Crippen LogP contribution in [0.4, 0.5) is 0 Å². The zero-order valence-electron chi connectivity index (χ0n) is 5.39. The van der Waals surface area contributed by atoms with Crippen LogP contribution in [0, 0.1) is 30.1 Å². The molecule has 0 aliphatic rings. The summed E-state index contributed by atoms with van der Waals surface area (Å²) in [6, 6.07) is 0. The Labute approximate surface area is 59.8 Å². The van der Waals surface area contributed by atoms with Crippen molar-refractivity contribution in [2.45, 2.75) is 0 Å². The summed E-state index contributed by atoms with van der Waals surface area (Å²) >= 11 is 0. The van der Waals surface area contributed by atoms with Crippen molar-refractivity contribution < 1.29 is 9.47 Å². The first-order valence-corrected chi connectivity index (χ1v) is 2.52. The Hall–Kier alpha value is -1.61. The molecule has 0 heterocycles. The van der Waals surface area contributed by atoms with Crippen LogP contribution in [-0.4, -0.2) is 19.3 Å². The van der Waals surface area contributed by atoms with Gasteiger partial charge in [-0.15, -0.1) is 12.8 Å². The highest BCUT2D eigenvalue weighted by Crippen LogP contribution is 1.79. The molecule has 0 saturated carbocycles. The van der Waals surface area contributed by atoms with Gasteiger partial charge in [-0.2, -0.15) is 0 Å². The third-order valence-electron chi connectivity index (χ3n) is 0.573. The molecule has 0 saturated heterocycles. The van der Waals surface area contributed by atoms with E-state index in [1.807, 2.05) is 0 Å². The van der Waals surface area contributed by atoms with Crippen LogP contribution in [0.1, 0.15) is 0 Å². The number of terminal acetylenes is 2. The predicted octanol–water partition coefficient (Wildman–Crippen LogP) is 0.221. The Morgan fingerprint density at radius 2 is 1.60 bits per heavy atom. The van der Waals surface area contributed by atoms with E-state index in [2.05, 4.69) is 21.3 Å². The average Bonchev–Trinajstić information content (AvgIpc) is 1.97. The molecule has 0 radical (unpaired) electrons. The molecule has 0 aliphatic heterocycles. The van der Waals surface area contributed by atoms with E-state index in [1.165, 1.54) is 0 Å². The summed E-state index contributed by atoms with van der Waals surface area (Å²) in [5.41, 5.74) is 0. The second-order valence-corrected chi connectivity index (χ2v) is 1.27. The van der Waals surface area contributed by atoms with Gasteiger partial charge in [0.05, 0.1) is 0 Å². The maximum absolute atomic E-state index is 6.86. The monoisotopic (exact) mass is 137 g/mol. The first-order chi connectivity index (χ1) is 4.81. The minimum absolute atomic E-state index is 0.0312. The Balaban J connectivity index is 3.30. The van der Waals surface area contributed by atoms with Gasteiger partial charge in [-0.1, -0.05) is 11.8 Å². The topological polar surface area (TPSA) is 42.3 Å². The molecule has 10 heavy (non-hydrogen) atoms. The van der Waals surface area contributed by atoms with Crippen LogP contribution in [0.15, 0.2) is 0 Å². The molecular weight excluding hydrogens is 130 g/mol. The van der Waals surface area contributed by atoms with Crippen LogP contribution in [0.2, 0.25) is 0 Å². The van der Waals surface area contributed by atoms with E-state index in [0.717, 1.165) is 0 Å². The number of ether oxygens (including phenoxy) is 2. The lowest BCUT2D eigenvalue weighted by Gasteiger charge is -2.01. The fraction of sp³-hybridized carbons (Fsp3) is 0.286. The van der Waals surface area contributed by atoms with Crippen molar-refractivity contribution in [1.82, 2.24) is 0 Å². The Bertz CT molecular complexity index is 165. The zero-order chi connectivity index (χ0) is 7.82. The van der Waals surface area contributed by atoms with Crippen LogP contribution in [0.25, 0.3) is 0 Å². The van der Waals surface area contributed by atoms with Gasteiger partial charge in [-0.3, -0.25) is 0 Å². The van der Waals surface area contributed by atoms with Gasteiger partial charge < -0.3 is 9.47 Å². The van der Waals surface area contributed by atoms with Crippen molar-refractivity contribution in [2.75, 3.05) is 13.2 Å². The van der Waals surface area contributed by atoms with E-state index in [0.29, 0.717) is 0 Å². The summed E-state index contributed by atoms with van der Waals surface area (Å²) < 4.78 is 9.05. The minimum atomic E-state index is -0.337.